The van der Waals surface area contributed by atoms with Gasteiger partial charge in [0.25, 0.3) is 0 Å². The Morgan fingerprint density at radius 2 is 1.78 bits per heavy atom. The van der Waals surface area contributed by atoms with Gasteiger partial charge in [-0.05, 0) is 12.1 Å². The monoisotopic (exact) mass is 319 g/mol. The third-order valence-electron chi connectivity index (χ3n) is 3.76. The zero-order chi connectivity index (χ0) is 16.5. The molecule has 7 nitrogen and oxygen atoms in total. The first-order valence-corrected chi connectivity index (χ1v) is 7.99. The number of rotatable bonds is 7. The van der Waals surface area contributed by atoms with Crippen molar-refractivity contribution in [2.24, 2.45) is 0 Å². The van der Waals surface area contributed by atoms with Gasteiger partial charge in [-0.15, -0.1) is 0 Å². The van der Waals surface area contributed by atoms with E-state index in [4.69, 9.17) is 0 Å². The van der Waals surface area contributed by atoms with E-state index in [1.165, 1.54) is 6.92 Å². The first kappa shape index (κ1) is 17.4. The number of pyridine rings is 1. The van der Waals surface area contributed by atoms with Crippen molar-refractivity contribution in [1.29, 1.82) is 0 Å². The second-order valence-corrected chi connectivity index (χ2v) is 5.71. The van der Waals surface area contributed by atoms with Gasteiger partial charge in [0.15, 0.2) is 0 Å². The van der Waals surface area contributed by atoms with E-state index in [9.17, 15) is 9.59 Å². The smallest absolute Gasteiger partial charge is 0.234 e. The lowest BCUT2D eigenvalue weighted by Gasteiger charge is -2.34. The highest BCUT2D eigenvalue weighted by molar-refractivity contribution is 5.78. The second kappa shape index (κ2) is 9.22. The van der Waals surface area contributed by atoms with Gasteiger partial charge in [-0.1, -0.05) is 6.07 Å². The molecule has 1 aliphatic heterocycles. The Labute approximate surface area is 137 Å². The van der Waals surface area contributed by atoms with Gasteiger partial charge in [-0.2, -0.15) is 0 Å². The maximum absolute atomic E-state index is 11.8. The molecule has 2 amide bonds. The number of piperazine rings is 1. The summed E-state index contributed by atoms with van der Waals surface area (Å²) < 4.78 is 0. The lowest BCUT2D eigenvalue weighted by molar-refractivity contribution is -0.123. The van der Waals surface area contributed by atoms with Gasteiger partial charge >= 0.3 is 0 Å². The van der Waals surface area contributed by atoms with Crippen LogP contribution in [0.4, 0.5) is 0 Å². The van der Waals surface area contributed by atoms with Crippen LogP contribution in [0.1, 0.15) is 12.6 Å². The summed E-state index contributed by atoms with van der Waals surface area (Å²) in [5.74, 6) is -0.0724. The van der Waals surface area contributed by atoms with E-state index in [1.807, 2.05) is 24.4 Å². The summed E-state index contributed by atoms with van der Waals surface area (Å²) in [6, 6.07) is 5.96. The molecule has 0 aromatic carbocycles. The molecule has 0 bridgehead atoms. The number of carbonyl (C=O) groups excluding carboxylic acids is 2. The molecule has 1 fully saturated rings. The van der Waals surface area contributed by atoms with E-state index in [1.54, 1.807) is 0 Å². The Kier molecular flexibility index (Phi) is 6.96. The van der Waals surface area contributed by atoms with E-state index < -0.39 is 0 Å². The first-order valence-electron chi connectivity index (χ1n) is 7.99. The van der Waals surface area contributed by atoms with E-state index in [0.29, 0.717) is 19.6 Å². The van der Waals surface area contributed by atoms with Gasteiger partial charge in [0.1, 0.15) is 0 Å². The predicted molar refractivity (Wildman–Crippen MR) is 87.6 cm³/mol. The molecule has 2 heterocycles. The van der Waals surface area contributed by atoms with Gasteiger partial charge < -0.3 is 10.6 Å². The van der Waals surface area contributed by atoms with Gasteiger partial charge in [-0.3, -0.25) is 24.4 Å². The lowest BCUT2D eigenvalue weighted by atomic mass is 10.2. The van der Waals surface area contributed by atoms with E-state index in [0.717, 1.165) is 38.4 Å². The van der Waals surface area contributed by atoms with Crippen molar-refractivity contribution < 1.29 is 9.59 Å². The predicted octanol–water partition coefficient (Wildman–Crippen LogP) is -0.548. The standard InChI is InChI=1S/C16H25N5O2/c1-14(22)17-6-7-19-16(23)13-21-10-8-20(9-11-21)12-15-4-2-3-5-18-15/h2-5H,6-13H2,1H3,(H,17,22)(H,19,23). The molecule has 0 saturated carbocycles. The summed E-state index contributed by atoms with van der Waals surface area (Å²) in [6.07, 6.45) is 1.82. The molecule has 1 saturated heterocycles. The third kappa shape index (κ3) is 6.75. The fraction of sp³-hybridized carbons (Fsp3) is 0.562. The van der Waals surface area contributed by atoms with Crippen LogP contribution in [-0.4, -0.2) is 72.4 Å². The Hall–Kier alpha value is -1.99. The minimum atomic E-state index is -0.0803. The van der Waals surface area contributed by atoms with Gasteiger partial charge in [0.2, 0.25) is 11.8 Å². The quantitative estimate of drug-likeness (QED) is 0.660. The summed E-state index contributed by atoms with van der Waals surface area (Å²) in [4.78, 5) is 31.4. The fourth-order valence-corrected chi connectivity index (χ4v) is 2.53. The minimum Gasteiger partial charge on any atom is -0.355 e. The largest absolute Gasteiger partial charge is 0.355 e. The number of hydrogen-bond donors (Lipinski definition) is 2. The highest BCUT2D eigenvalue weighted by atomic mass is 16.2. The molecule has 2 N–H and O–H groups in total. The molecular formula is C16H25N5O2. The van der Waals surface area contributed by atoms with Crippen LogP contribution in [0.5, 0.6) is 0 Å². The molecule has 0 spiro atoms. The summed E-state index contributed by atoms with van der Waals surface area (Å²) >= 11 is 0. The van der Waals surface area contributed by atoms with Crippen LogP contribution in [0.15, 0.2) is 24.4 Å². The number of nitrogens with zero attached hydrogens (tertiary/aromatic N) is 3. The summed E-state index contributed by atoms with van der Waals surface area (Å²) in [5, 5.41) is 5.47. The van der Waals surface area contributed by atoms with E-state index in [-0.39, 0.29) is 11.8 Å². The average Bonchev–Trinajstić information content (AvgIpc) is 2.54. The second-order valence-electron chi connectivity index (χ2n) is 5.71. The highest BCUT2D eigenvalue weighted by Gasteiger charge is 2.19. The zero-order valence-corrected chi connectivity index (χ0v) is 13.6. The minimum absolute atomic E-state index is 0.00790. The Morgan fingerprint density at radius 1 is 1.09 bits per heavy atom. The molecule has 1 aromatic rings. The molecule has 1 aromatic heterocycles. The topological polar surface area (TPSA) is 77.6 Å². The Balaban J connectivity index is 1.60. The van der Waals surface area contributed by atoms with Gasteiger partial charge in [0.05, 0.1) is 12.2 Å². The van der Waals surface area contributed by atoms with Crippen LogP contribution < -0.4 is 10.6 Å². The Morgan fingerprint density at radius 3 is 2.43 bits per heavy atom. The maximum Gasteiger partial charge on any atom is 0.234 e. The molecule has 0 aliphatic carbocycles. The SMILES string of the molecule is CC(=O)NCCNC(=O)CN1CCN(Cc2ccccn2)CC1. The normalized spacial score (nSPS) is 16.0. The number of hydrogen-bond acceptors (Lipinski definition) is 5. The average molecular weight is 319 g/mol. The number of aromatic nitrogens is 1. The lowest BCUT2D eigenvalue weighted by Crippen LogP contribution is -2.49. The van der Waals surface area contributed by atoms with Crippen LogP contribution in [0, 0.1) is 0 Å². The zero-order valence-electron chi connectivity index (χ0n) is 13.6. The maximum atomic E-state index is 11.8. The van der Waals surface area contributed by atoms with Crippen LogP contribution in [-0.2, 0) is 16.1 Å². The molecule has 7 heteroatoms. The van der Waals surface area contributed by atoms with Crippen LogP contribution in [0.2, 0.25) is 0 Å². The first-order chi connectivity index (χ1) is 11.1. The molecule has 23 heavy (non-hydrogen) atoms. The Bertz CT molecular complexity index is 500. The molecular weight excluding hydrogens is 294 g/mol. The molecule has 1 aliphatic rings. The highest BCUT2D eigenvalue weighted by Crippen LogP contribution is 2.06. The number of amides is 2. The molecule has 126 valence electrons. The third-order valence-corrected chi connectivity index (χ3v) is 3.76. The fourth-order valence-electron chi connectivity index (χ4n) is 2.53. The van der Waals surface area contributed by atoms with Crippen molar-refractivity contribution in [1.82, 2.24) is 25.4 Å². The molecule has 0 unspecified atom stereocenters. The van der Waals surface area contributed by atoms with Crippen molar-refractivity contribution in [2.75, 3.05) is 45.8 Å². The van der Waals surface area contributed by atoms with Crippen LogP contribution in [0.25, 0.3) is 0 Å². The molecule has 2 rings (SSSR count). The van der Waals surface area contributed by atoms with Crippen LogP contribution in [0.3, 0.4) is 0 Å². The molecule has 0 radical (unpaired) electrons. The van der Waals surface area contributed by atoms with E-state index >= 15 is 0 Å². The number of nitrogens with one attached hydrogen (secondary N) is 2. The van der Waals surface area contributed by atoms with Gasteiger partial charge in [0, 0.05) is 58.9 Å². The summed E-state index contributed by atoms with van der Waals surface area (Å²) in [6.45, 7) is 7.32. The van der Waals surface area contributed by atoms with Gasteiger partial charge in [-0.25, -0.2) is 0 Å². The summed E-state index contributed by atoms with van der Waals surface area (Å²) in [7, 11) is 0. The summed E-state index contributed by atoms with van der Waals surface area (Å²) in [5.41, 5.74) is 1.08. The van der Waals surface area contributed by atoms with Crippen molar-refractivity contribution in [3.05, 3.63) is 30.1 Å². The van der Waals surface area contributed by atoms with Crippen molar-refractivity contribution in [2.45, 2.75) is 13.5 Å². The van der Waals surface area contributed by atoms with Crippen molar-refractivity contribution in [3.63, 3.8) is 0 Å². The van der Waals surface area contributed by atoms with Crippen molar-refractivity contribution in [3.8, 4) is 0 Å². The molecule has 0 atom stereocenters. The number of carbonyl (C=O) groups is 2. The van der Waals surface area contributed by atoms with Crippen molar-refractivity contribution >= 4 is 11.8 Å². The van der Waals surface area contributed by atoms with E-state index in [2.05, 4.69) is 25.4 Å². The van der Waals surface area contributed by atoms with Crippen LogP contribution >= 0.6 is 0 Å².